The highest BCUT2D eigenvalue weighted by atomic mass is 19.1. The van der Waals surface area contributed by atoms with E-state index in [2.05, 4.69) is 15.4 Å². The van der Waals surface area contributed by atoms with Crippen molar-refractivity contribution in [1.82, 2.24) is 15.1 Å². The molecule has 1 aromatic heterocycles. The molecular weight excluding hydrogens is 293 g/mol. The average molecular weight is 315 g/mol. The molecule has 122 valence electrons. The first-order valence-electron chi connectivity index (χ1n) is 8.05. The van der Waals surface area contributed by atoms with Crippen LogP contribution in [0.25, 0.3) is 5.69 Å². The monoisotopic (exact) mass is 315 g/mol. The maximum Gasteiger partial charge on any atom is 0.188 e. The highest BCUT2D eigenvalue weighted by Crippen LogP contribution is 2.26. The lowest BCUT2D eigenvalue weighted by molar-refractivity contribution is 0.326. The van der Waals surface area contributed by atoms with Crippen LogP contribution < -0.4 is 11.1 Å². The predicted octanol–water partition coefficient (Wildman–Crippen LogP) is 2.26. The summed E-state index contributed by atoms with van der Waals surface area (Å²) in [4.78, 5) is 4.36. The number of nitrogens with two attached hydrogens (primary N) is 1. The van der Waals surface area contributed by atoms with Crippen LogP contribution >= 0.6 is 0 Å². The number of aromatic nitrogens is 2. The van der Waals surface area contributed by atoms with Crippen molar-refractivity contribution in [2.75, 3.05) is 13.1 Å². The number of halogens is 1. The Morgan fingerprint density at radius 3 is 2.78 bits per heavy atom. The van der Waals surface area contributed by atoms with Crippen molar-refractivity contribution in [3.05, 3.63) is 48.0 Å². The van der Waals surface area contributed by atoms with Crippen LogP contribution in [0.4, 0.5) is 4.39 Å². The molecule has 0 aliphatic heterocycles. The van der Waals surface area contributed by atoms with E-state index in [1.54, 1.807) is 16.8 Å². The number of nitrogens with one attached hydrogen (secondary N) is 1. The van der Waals surface area contributed by atoms with Gasteiger partial charge in [0.15, 0.2) is 5.96 Å². The number of rotatable bonds is 6. The van der Waals surface area contributed by atoms with Gasteiger partial charge in [-0.3, -0.25) is 4.99 Å². The van der Waals surface area contributed by atoms with Gasteiger partial charge in [-0.25, -0.2) is 9.07 Å². The third kappa shape index (κ3) is 4.31. The summed E-state index contributed by atoms with van der Waals surface area (Å²) < 4.78 is 14.7. The maximum atomic E-state index is 12.9. The molecule has 0 spiro atoms. The minimum absolute atomic E-state index is 0.248. The molecule has 5 nitrogen and oxygen atoms in total. The van der Waals surface area contributed by atoms with Gasteiger partial charge in [-0.1, -0.05) is 6.42 Å². The van der Waals surface area contributed by atoms with Crippen LogP contribution in [0.1, 0.15) is 25.0 Å². The molecule has 0 atom stereocenters. The second-order valence-electron chi connectivity index (χ2n) is 5.93. The Morgan fingerprint density at radius 2 is 2.09 bits per heavy atom. The van der Waals surface area contributed by atoms with Gasteiger partial charge in [-0.15, -0.1) is 0 Å². The van der Waals surface area contributed by atoms with Gasteiger partial charge in [-0.05, 0) is 49.1 Å². The Labute approximate surface area is 135 Å². The van der Waals surface area contributed by atoms with Crippen molar-refractivity contribution in [3.63, 3.8) is 0 Å². The smallest absolute Gasteiger partial charge is 0.188 e. The van der Waals surface area contributed by atoms with Gasteiger partial charge in [0.1, 0.15) is 5.82 Å². The second-order valence-corrected chi connectivity index (χ2v) is 5.93. The first kappa shape index (κ1) is 15.5. The molecule has 1 fully saturated rings. The van der Waals surface area contributed by atoms with Crippen LogP contribution in [0.2, 0.25) is 0 Å². The van der Waals surface area contributed by atoms with E-state index in [0.29, 0.717) is 12.5 Å². The molecule has 0 saturated heterocycles. The number of aliphatic imine (C=N–C) groups is 1. The molecule has 2 aromatic rings. The summed E-state index contributed by atoms with van der Waals surface area (Å²) >= 11 is 0. The Kier molecular flexibility index (Phi) is 4.90. The molecule has 3 rings (SSSR count). The minimum atomic E-state index is -0.248. The van der Waals surface area contributed by atoms with E-state index in [4.69, 9.17) is 5.73 Å². The predicted molar refractivity (Wildman–Crippen MR) is 89.1 cm³/mol. The SMILES string of the molecule is NC(=NCC1CCC1)NCCc1ccn(-c2ccc(F)cc2)n1. The Balaban J connectivity index is 1.46. The third-order valence-electron chi connectivity index (χ3n) is 4.17. The third-order valence-corrected chi connectivity index (χ3v) is 4.17. The van der Waals surface area contributed by atoms with Crippen molar-refractivity contribution in [2.45, 2.75) is 25.7 Å². The van der Waals surface area contributed by atoms with E-state index in [-0.39, 0.29) is 5.82 Å². The highest BCUT2D eigenvalue weighted by Gasteiger charge is 2.16. The molecule has 0 bridgehead atoms. The van der Waals surface area contributed by atoms with E-state index >= 15 is 0 Å². The molecule has 23 heavy (non-hydrogen) atoms. The summed E-state index contributed by atoms with van der Waals surface area (Å²) in [6.07, 6.45) is 6.50. The van der Waals surface area contributed by atoms with Gasteiger partial charge in [0, 0.05) is 25.7 Å². The first-order chi connectivity index (χ1) is 11.2. The minimum Gasteiger partial charge on any atom is -0.370 e. The van der Waals surface area contributed by atoms with Gasteiger partial charge in [0.05, 0.1) is 11.4 Å². The Bertz CT molecular complexity index is 658. The van der Waals surface area contributed by atoms with Crippen LogP contribution in [0, 0.1) is 11.7 Å². The molecule has 1 aliphatic carbocycles. The van der Waals surface area contributed by atoms with E-state index in [1.807, 2.05) is 12.3 Å². The van der Waals surface area contributed by atoms with Crippen molar-refractivity contribution in [1.29, 1.82) is 0 Å². The molecule has 6 heteroatoms. The fourth-order valence-electron chi connectivity index (χ4n) is 2.51. The number of hydrogen-bond acceptors (Lipinski definition) is 2. The average Bonchev–Trinajstić information content (AvgIpc) is 2.95. The van der Waals surface area contributed by atoms with Crippen molar-refractivity contribution in [3.8, 4) is 5.69 Å². The molecule has 1 saturated carbocycles. The van der Waals surface area contributed by atoms with E-state index in [0.717, 1.165) is 30.3 Å². The second kappa shape index (κ2) is 7.26. The number of benzene rings is 1. The molecule has 1 aromatic carbocycles. The fraction of sp³-hybridized carbons (Fsp3) is 0.412. The van der Waals surface area contributed by atoms with E-state index in [1.165, 1.54) is 31.4 Å². The van der Waals surface area contributed by atoms with Crippen LogP contribution in [0.3, 0.4) is 0 Å². The molecule has 1 heterocycles. The topological polar surface area (TPSA) is 68.2 Å². The Hall–Kier alpha value is -2.37. The van der Waals surface area contributed by atoms with Crippen LogP contribution in [0.5, 0.6) is 0 Å². The summed E-state index contributed by atoms with van der Waals surface area (Å²) in [5.74, 6) is 0.985. The summed E-state index contributed by atoms with van der Waals surface area (Å²) in [6.45, 7) is 1.53. The van der Waals surface area contributed by atoms with Crippen molar-refractivity contribution >= 4 is 5.96 Å². The first-order valence-corrected chi connectivity index (χ1v) is 8.05. The summed E-state index contributed by atoms with van der Waals surface area (Å²) in [6, 6.07) is 8.21. The molecule has 0 unspecified atom stereocenters. The lowest BCUT2D eigenvalue weighted by Crippen LogP contribution is -2.34. The highest BCUT2D eigenvalue weighted by molar-refractivity contribution is 5.77. The van der Waals surface area contributed by atoms with Gasteiger partial charge < -0.3 is 11.1 Å². The van der Waals surface area contributed by atoms with Gasteiger partial charge in [0.25, 0.3) is 0 Å². The fourth-order valence-corrected chi connectivity index (χ4v) is 2.51. The van der Waals surface area contributed by atoms with Gasteiger partial charge >= 0.3 is 0 Å². The molecular formula is C17H22FN5. The normalized spacial score (nSPS) is 15.4. The zero-order chi connectivity index (χ0) is 16.1. The van der Waals surface area contributed by atoms with Crippen molar-refractivity contribution < 1.29 is 4.39 Å². The lowest BCUT2D eigenvalue weighted by atomic mass is 9.86. The van der Waals surface area contributed by atoms with E-state index < -0.39 is 0 Å². The lowest BCUT2D eigenvalue weighted by Gasteiger charge is -2.23. The summed E-state index contributed by atoms with van der Waals surface area (Å²) in [5, 5.41) is 7.60. The number of nitrogens with zero attached hydrogens (tertiary/aromatic N) is 3. The molecule has 0 amide bonds. The molecule has 1 aliphatic rings. The van der Waals surface area contributed by atoms with Crippen LogP contribution in [-0.4, -0.2) is 28.8 Å². The van der Waals surface area contributed by atoms with Gasteiger partial charge in [0.2, 0.25) is 0 Å². The standard InChI is InChI=1S/C17H22FN5/c18-14-4-6-16(7-5-14)23-11-9-15(22-23)8-10-20-17(19)21-12-13-2-1-3-13/h4-7,9,11,13H,1-3,8,10,12H2,(H3,19,20,21). The van der Waals surface area contributed by atoms with E-state index in [9.17, 15) is 4.39 Å². The van der Waals surface area contributed by atoms with Crippen molar-refractivity contribution in [2.24, 2.45) is 16.6 Å². The zero-order valence-corrected chi connectivity index (χ0v) is 13.1. The van der Waals surface area contributed by atoms with Gasteiger partial charge in [-0.2, -0.15) is 5.10 Å². The molecule has 3 N–H and O–H groups in total. The van der Waals surface area contributed by atoms with Crippen LogP contribution in [0.15, 0.2) is 41.5 Å². The zero-order valence-electron chi connectivity index (χ0n) is 13.1. The van der Waals surface area contributed by atoms with Crippen LogP contribution in [-0.2, 0) is 6.42 Å². The summed E-state index contributed by atoms with van der Waals surface area (Å²) in [5.41, 5.74) is 7.65. The Morgan fingerprint density at radius 1 is 1.30 bits per heavy atom. The number of guanidine groups is 1. The number of hydrogen-bond donors (Lipinski definition) is 2. The quantitative estimate of drug-likeness (QED) is 0.634. The molecule has 0 radical (unpaired) electrons. The largest absolute Gasteiger partial charge is 0.370 e. The maximum absolute atomic E-state index is 12.9. The summed E-state index contributed by atoms with van der Waals surface area (Å²) in [7, 11) is 0.